The number of hydrogen-bond donors (Lipinski definition) is 2. The number of nitrogens with one attached hydrogen (secondary N) is 1. The van der Waals surface area contributed by atoms with Gasteiger partial charge in [-0.1, -0.05) is 37.3 Å². The lowest BCUT2D eigenvalue weighted by Crippen LogP contribution is -2.14. The van der Waals surface area contributed by atoms with Crippen LogP contribution in [0.4, 0.5) is 11.5 Å². The van der Waals surface area contributed by atoms with Crippen molar-refractivity contribution in [2.45, 2.75) is 18.2 Å². The summed E-state index contributed by atoms with van der Waals surface area (Å²) in [6.07, 6.45) is 0.581. The number of rotatable bonds is 5. The molecule has 0 amide bonds. The van der Waals surface area contributed by atoms with Crippen molar-refractivity contribution in [1.82, 2.24) is 10.2 Å². The van der Waals surface area contributed by atoms with Gasteiger partial charge in [-0.3, -0.25) is 0 Å². The lowest BCUT2D eigenvalue weighted by Gasteiger charge is -2.09. The van der Waals surface area contributed by atoms with Gasteiger partial charge in [0.05, 0.1) is 10.6 Å². The molecule has 0 aliphatic rings. The molecule has 0 bridgehead atoms. The predicted molar refractivity (Wildman–Crippen MR) is 97.9 cm³/mol. The molecule has 0 atom stereocenters. The normalized spacial score (nSPS) is 11.3. The number of nitrogens with two attached hydrogens (primary N) is 1. The summed E-state index contributed by atoms with van der Waals surface area (Å²) in [5.41, 5.74) is 2.82. The first-order chi connectivity index (χ1) is 12.0. The summed E-state index contributed by atoms with van der Waals surface area (Å²) < 4.78 is 23.6. The smallest absolute Gasteiger partial charge is 0.238 e. The summed E-state index contributed by atoms with van der Waals surface area (Å²) in [7, 11) is -3.79. The molecule has 3 rings (SSSR count). The Morgan fingerprint density at radius 2 is 1.76 bits per heavy atom. The summed E-state index contributed by atoms with van der Waals surface area (Å²) in [4.78, 5) is 0.126. The fourth-order valence-electron chi connectivity index (χ4n) is 2.49. The molecule has 6 nitrogen and oxygen atoms in total. The van der Waals surface area contributed by atoms with Crippen molar-refractivity contribution in [2.24, 2.45) is 5.14 Å². The summed E-state index contributed by atoms with van der Waals surface area (Å²) in [6.45, 7) is 1.88. The van der Waals surface area contributed by atoms with Gasteiger partial charge in [-0.2, -0.15) is 0 Å². The quantitative estimate of drug-likeness (QED) is 0.734. The van der Waals surface area contributed by atoms with Crippen molar-refractivity contribution in [1.29, 1.82) is 0 Å². The van der Waals surface area contributed by atoms with Crippen LogP contribution >= 0.6 is 0 Å². The first-order valence-corrected chi connectivity index (χ1v) is 9.34. The van der Waals surface area contributed by atoms with E-state index in [2.05, 4.69) is 15.5 Å². The van der Waals surface area contributed by atoms with E-state index in [9.17, 15) is 8.42 Å². The summed E-state index contributed by atoms with van der Waals surface area (Å²) >= 11 is 0. The number of anilines is 2. The lowest BCUT2D eigenvalue weighted by atomic mass is 10.1. The number of aryl methyl sites for hydroxylation is 1. The molecule has 0 unspecified atom stereocenters. The Morgan fingerprint density at radius 1 is 1.00 bits per heavy atom. The van der Waals surface area contributed by atoms with Gasteiger partial charge >= 0.3 is 0 Å². The highest BCUT2D eigenvalue weighted by atomic mass is 32.2. The second kappa shape index (κ2) is 7.00. The molecule has 0 saturated carbocycles. The minimum Gasteiger partial charge on any atom is -0.339 e. The third-order valence-corrected chi connectivity index (χ3v) is 4.75. The van der Waals surface area contributed by atoms with Gasteiger partial charge in [0.25, 0.3) is 0 Å². The molecule has 0 aliphatic heterocycles. The Morgan fingerprint density at radius 3 is 2.36 bits per heavy atom. The SMILES string of the molecule is CCc1ccc(-c2ccc(Nc3ccccc3)nn2)cc1S(N)(=O)=O. The average molecular weight is 354 g/mol. The maximum Gasteiger partial charge on any atom is 0.238 e. The van der Waals surface area contributed by atoms with Gasteiger partial charge in [0.1, 0.15) is 0 Å². The topological polar surface area (TPSA) is 98.0 Å². The van der Waals surface area contributed by atoms with Crippen molar-refractivity contribution < 1.29 is 8.42 Å². The maximum atomic E-state index is 11.8. The molecule has 25 heavy (non-hydrogen) atoms. The molecule has 128 valence electrons. The molecule has 2 aromatic carbocycles. The largest absolute Gasteiger partial charge is 0.339 e. The van der Waals surface area contributed by atoms with E-state index in [1.165, 1.54) is 0 Å². The predicted octanol–water partition coefficient (Wildman–Crippen LogP) is 3.10. The Labute approximate surface area is 146 Å². The average Bonchev–Trinajstić information content (AvgIpc) is 2.62. The highest BCUT2D eigenvalue weighted by Gasteiger charge is 2.15. The van der Waals surface area contributed by atoms with Crippen LogP contribution in [0.25, 0.3) is 11.3 Å². The Balaban J connectivity index is 1.90. The first kappa shape index (κ1) is 17.1. The number of sulfonamides is 1. The van der Waals surface area contributed by atoms with Gasteiger partial charge in [0.15, 0.2) is 5.82 Å². The molecule has 1 heterocycles. The third kappa shape index (κ3) is 4.01. The Hall–Kier alpha value is -2.77. The van der Waals surface area contributed by atoms with Crippen molar-refractivity contribution in [3.8, 4) is 11.3 Å². The van der Waals surface area contributed by atoms with E-state index in [1.54, 1.807) is 24.3 Å². The van der Waals surface area contributed by atoms with Gasteiger partial charge in [0, 0.05) is 11.3 Å². The fraction of sp³-hybridized carbons (Fsp3) is 0.111. The molecule has 0 fully saturated rings. The monoisotopic (exact) mass is 354 g/mol. The highest BCUT2D eigenvalue weighted by molar-refractivity contribution is 7.89. The molecule has 3 aromatic rings. The van der Waals surface area contributed by atoms with Crippen LogP contribution in [0, 0.1) is 0 Å². The number of hydrogen-bond acceptors (Lipinski definition) is 5. The molecule has 0 spiro atoms. The van der Waals surface area contributed by atoms with Crippen LogP contribution < -0.4 is 10.5 Å². The van der Waals surface area contributed by atoms with E-state index in [0.29, 0.717) is 29.1 Å². The summed E-state index contributed by atoms with van der Waals surface area (Å²) in [5.74, 6) is 0.604. The molecular weight excluding hydrogens is 336 g/mol. The molecule has 1 aromatic heterocycles. The molecule has 7 heteroatoms. The van der Waals surface area contributed by atoms with Crippen LogP contribution in [-0.2, 0) is 16.4 Å². The minimum atomic E-state index is -3.79. The Kier molecular flexibility index (Phi) is 4.78. The van der Waals surface area contributed by atoms with Crippen molar-refractivity contribution >= 4 is 21.5 Å². The fourth-order valence-corrected chi connectivity index (χ4v) is 3.36. The molecule has 3 N–H and O–H groups in total. The van der Waals surface area contributed by atoms with Crippen LogP contribution in [0.2, 0.25) is 0 Å². The van der Waals surface area contributed by atoms with E-state index in [4.69, 9.17) is 5.14 Å². The second-order valence-electron chi connectivity index (χ2n) is 5.52. The van der Waals surface area contributed by atoms with Crippen LogP contribution in [0.3, 0.4) is 0 Å². The summed E-state index contributed by atoms with van der Waals surface area (Å²) in [6, 6.07) is 18.3. The van der Waals surface area contributed by atoms with Crippen molar-refractivity contribution in [3.63, 3.8) is 0 Å². The van der Waals surface area contributed by atoms with E-state index in [1.807, 2.05) is 43.3 Å². The number of benzene rings is 2. The van der Waals surface area contributed by atoms with E-state index in [-0.39, 0.29) is 4.90 Å². The molecule has 0 aliphatic carbocycles. The number of primary sulfonamides is 1. The lowest BCUT2D eigenvalue weighted by molar-refractivity contribution is 0.596. The molecular formula is C18H18N4O2S. The van der Waals surface area contributed by atoms with Gasteiger partial charge in [-0.15, -0.1) is 10.2 Å². The standard InChI is InChI=1S/C18H18N4O2S/c1-2-13-8-9-14(12-17(13)25(19,23)24)16-10-11-18(22-21-16)20-15-6-4-3-5-7-15/h3-12H,2H2,1H3,(H,20,22)(H2,19,23,24). The first-order valence-electron chi connectivity index (χ1n) is 7.79. The van der Waals surface area contributed by atoms with Crippen LogP contribution in [0.1, 0.15) is 12.5 Å². The van der Waals surface area contributed by atoms with Crippen molar-refractivity contribution in [2.75, 3.05) is 5.32 Å². The van der Waals surface area contributed by atoms with Gasteiger partial charge in [0.2, 0.25) is 10.0 Å². The van der Waals surface area contributed by atoms with E-state index in [0.717, 1.165) is 5.69 Å². The van der Waals surface area contributed by atoms with Crippen LogP contribution in [0.5, 0.6) is 0 Å². The van der Waals surface area contributed by atoms with E-state index < -0.39 is 10.0 Å². The zero-order chi connectivity index (χ0) is 17.9. The second-order valence-corrected chi connectivity index (χ2v) is 7.05. The Bertz CT molecular complexity index is 972. The van der Waals surface area contributed by atoms with Gasteiger partial charge in [-0.05, 0) is 42.3 Å². The number of nitrogens with zero attached hydrogens (tertiary/aromatic N) is 2. The summed E-state index contributed by atoms with van der Waals surface area (Å²) in [5, 5.41) is 16.8. The zero-order valence-electron chi connectivity index (χ0n) is 13.7. The molecule has 0 radical (unpaired) electrons. The number of para-hydroxylation sites is 1. The number of aromatic nitrogens is 2. The third-order valence-electron chi connectivity index (χ3n) is 3.76. The zero-order valence-corrected chi connectivity index (χ0v) is 14.5. The maximum absolute atomic E-state index is 11.8. The van der Waals surface area contributed by atoms with Gasteiger partial charge < -0.3 is 5.32 Å². The van der Waals surface area contributed by atoms with Crippen LogP contribution in [0.15, 0.2) is 65.6 Å². The van der Waals surface area contributed by atoms with Crippen LogP contribution in [-0.4, -0.2) is 18.6 Å². The van der Waals surface area contributed by atoms with Crippen molar-refractivity contribution in [3.05, 3.63) is 66.2 Å². The highest BCUT2D eigenvalue weighted by Crippen LogP contribution is 2.24. The van der Waals surface area contributed by atoms with Gasteiger partial charge in [-0.25, -0.2) is 13.6 Å². The minimum absolute atomic E-state index is 0.126. The molecule has 0 saturated heterocycles. The van der Waals surface area contributed by atoms with E-state index >= 15 is 0 Å².